The Hall–Kier alpha value is 0.0643. The van der Waals surface area contributed by atoms with E-state index in [0.29, 0.717) is 6.42 Å². The molecule has 0 aliphatic heterocycles. The summed E-state index contributed by atoms with van der Waals surface area (Å²) in [5.74, 6) is -1.19. The maximum atomic E-state index is 9.12. The quantitative estimate of drug-likeness (QED) is 0.310. The minimum atomic E-state index is -1.19. The molecule has 0 unspecified atom stereocenters. The summed E-state index contributed by atoms with van der Waals surface area (Å²) in [5.41, 5.74) is 0. The van der Waals surface area contributed by atoms with Gasteiger partial charge in [0.2, 0.25) is 0 Å². The van der Waals surface area contributed by atoms with Crippen LogP contribution in [0.4, 0.5) is 0 Å². The number of aliphatic hydroxyl groups is 3. The van der Waals surface area contributed by atoms with E-state index in [1.54, 1.807) is 0 Å². The molecule has 5 nitrogen and oxygen atoms in total. The number of aliphatic carboxylic acids is 1. The molecule has 0 aliphatic rings. The number of carboxylic acids is 1. The summed E-state index contributed by atoms with van der Waals surface area (Å²) in [7, 11) is 0. The van der Waals surface area contributed by atoms with Crippen molar-refractivity contribution in [3.8, 4) is 0 Å². The third-order valence-electron chi connectivity index (χ3n) is 1.70. The van der Waals surface area contributed by atoms with Crippen LogP contribution in [0.15, 0.2) is 0 Å². The largest absolute Gasteiger partial charge is 0.480 e. The smallest absolute Gasteiger partial charge is 0.329 e. The van der Waals surface area contributed by atoms with Crippen molar-refractivity contribution in [2.45, 2.75) is 51.7 Å². The standard InChI is InChI=1S/C8H18O2.C2H4O3.Ti/c1-2-3-4-5-6-7-8(9)10;3-1-2(4)5;/h8-10H,2-7H2,1H3;3H,1H2,(H,4,5);. The van der Waals surface area contributed by atoms with Gasteiger partial charge in [0.25, 0.3) is 0 Å². The van der Waals surface area contributed by atoms with E-state index in [1.165, 1.54) is 19.3 Å². The average molecular weight is 270 g/mol. The summed E-state index contributed by atoms with van der Waals surface area (Å²) in [6.45, 7) is 1.39. The number of rotatable bonds is 7. The van der Waals surface area contributed by atoms with E-state index in [4.69, 9.17) is 25.2 Å². The first-order chi connectivity index (χ1) is 7.04. The molecular formula is C10H22O5Ti. The van der Waals surface area contributed by atoms with Gasteiger partial charge in [-0.15, -0.1) is 0 Å². The first-order valence-electron chi connectivity index (χ1n) is 5.23. The molecule has 4 N–H and O–H groups in total. The van der Waals surface area contributed by atoms with Gasteiger partial charge in [-0.2, -0.15) is 0 Å². The van der Waals surface area contributed by atoms with Gasteiger partial charge < -0.3 is 20.4 Å². The molecule has 0 aliphatic carbocycles. The van der Waals surface area contributed by atoms with Crippen LogP contribution in [0.25, 0.3) is 0 Å². The Morgan fingerprint density at radius 1 is 1.12 bits per heavy atom. The van der Waals surface area contributed by atoms with E-state index in [0.717, 1.165) is 12.8 Å². The zero-order valence-corrected chi connectivity index (χ0v) is 11.3. The second-order valence-electron chi connectivity index (χ2n) is 3.24. The van der Waals surface area contributed by atoms with Crippen LogP contribution in [0.2, 0.25) is 0 Å². The van der Waals surface area contributed by atoms with E-state index in [9.17, 15) is 0 Å². The van der Waals surface area contributed by atoms with Crippen molar-refractivity contribution in [2.24, 2.45) is 0 Å². The van der Waals surface area contributed by atoms with Crippen molar-refractivity contribution in [2.75, 3.05) is 6.61 Å². The Labute approximate surface area is 111 Å². The van der Waals surface area contributed by atoms with Crippen LogP contribution < -0.4 is 0 Å². The van der Waals surface area contributed by atoms with Crippen LogP contribution in [0.5, 0.6) is 0 Å². The van der Waals surface area contributed by atoms with Gasteiger partial charge >= 0.3 is 5.97 Å². The first kappa shape index (κ1) is 21.4. The topological polar surface area (TPSA) is 98.0 Å². The molecule has 6 heteroatoms. The van der Waals surface area contributed by atoms with E-state index in [2.05, 4.69) is 6.92 Å². The van der Waals surface area contributed by atoms with Crippen molar-refractivity contribution in [3.63, 3.8) is 0 Å². The van der Waals surface area contributed by atoms with Gasteiger partial charge in [-0.3, -0.25) is 0 Å². The molecule has 0 aromatic heterocycles. The summed E-state index contributed by atoms with van der Waals surface area (Å²) in [4.78, 5) is 9.12. The SMILES string of the molecule is CCCCCCCC(O)O.O=C(O)CO.[Ti]. The summed E-state index contributed by atoms with van der Waals surface area (Å²) >= 11 is 0. The number of carbonyl (C=O) groups is 1. The summed E-state index contributed by atoms with van der Waals surface area (Å²) in [6.07, 6.45) is 5.24. The molecule has 0 radical (unpaired) electrons. The van der Waals surface area contributed by atoms with E-state index in [1.807, 2.05) is 0 Å². The van der Waals surface area contributed by atoms with Crippen molar-refractivity contribution in [3.05, 3.63) is 0 Å². The van der Waals surface area contributed by atoms with Gasteiger partial charge in [-0.05, 0) is 12.8 Å². The van der Waals surface area contributed by atoms with Crippen molar-refractivity contribution in [1.82, 2.24) is 0 Å². The second-order valence-corrected chi connectivity index (χ2v) is 3.24. The van der Waals surface area contributed by atoms with E-state index in [-0.39, 0.29) is 21.7 Å². The minimum Gasteiger partial charge on any atom is -0.480 e. The van der Waals surface area contributed by atoms with Gasteiger partial charge in [0.1, 0.15) is 6.61 Å². The predicted molar refractivity (Wildman–Crippen MR) is 56.3 cm³/mol. The molecule has 96 valence electrons. The molecule has 0 aromatic carbocycles. The fraction of sp³-hybridized carbons (Fsp3) is 0.900. The van der Waals surface area contributed by atoms with Crippen LogP contribution in [-0.2, 0) is 26.5 Å². The average Bonchev–Trinajstić information content (AvgIpc) is 2.18. The fourth-order valence-corrected chi connectivity index (χ4v) is 0.930. The molecule has 0 aromatic rings. The first-order valence-corrected chi connectivity index (χ1v) is 5.23. The van der Waals surface area contributed by atoms with E-state index < -0.39 is 18.9 Å². The number of unbranched alkanes of at least 4 members (excludes halogenated alkanes) is 4. The second kappa shape index (κ2) is 17.5. The Morgan fingerprint density at radius 2 is 1.56 bits per heavy atom. The van der Waals surface area contributed by atoms with Crippen molar-refractivity contribution >= 4 is 5.97 Å². The Kier molecular flexibility index (Phi) is 23.3. The molecular weight excluding hydrogens is 248 g/mol. The van der Waals surface area contributed by atoms with Crippen LogP contribution in [0.1, 0.15) is 45.4 Å². The number of hydrogen-bond acceptors (Lipinski definition) is 4. The molecule has 0 rings (SSSR count). The molecule has 0 spiro atoms. The van der Waals surface area contributed by atoms with Crippen molar-refractivity contribution < 1.29 is 46.9 Å². The number of carboxylic acid groups (broad SMARTS) is 1. The maximum Gasteiger partial charge on any atom is 0.329 e. The zero-order chi connectivity index (χ0) is 12.1. The van der Waals surface area contributed by atoms with Crippen LogP contribution >= 0.6 is 0 Å². The van der Waals surface area contributed by atoms with Gasteiger partial charge in [-0.1, -0.05) is 32.6 Å². The third kappa shape index (κ3) is 29.2. The summed E-state index contributed by atoms with van der Waals surface area (Å²) in [5, 5.41) is 31.9. The Bertz CT molecular complexity index is 141. The molecule has 0 heterocycles. The molecule has 0 atom stereocenters. The Morgan fingerprint density at radius 3 is 1.88 bits per heavy atom. The number of hydrogen-bond donors (Lipinski definition) is 4. The Balaban J connectivity index is -0.000000242. The molecule has 16 heavy (non-hydrogen) atoms. The summed E-state index contributed by atoms with van der Waals surface area (Å²) in [6, 6.07) is 0. The van der Waals surface area contributed by atoms with Gasteiger partial charge in [0.05, 0.1) is 0 Å². The third-order valence-corrected chi connectivity index (χ3v) is 1.70. The molecule has 0 fully saturated rings. The predicted octanol–water partition coefficient (Wildman–Crippen LogP) is 0.718. The zero-order valence-electron chi connectivity index (χ0n) is 9.72. The van der Waals surface area contributed by atoms with E-state index >= 15 is 0 Å². The molecule has 0 saturated heterocycles. The van der Waals surface area contributed by atoms with Crippen molar-refractivity contribution in [1.29, 1.82) is 0 Å². The number of aliphatic hydroxyl groups excluding tert-OH is 2. The van der Waals surface area contributed by atoms with Gasteiger partial charge in [0, 0.05) is 21.7 Å². The minimum absolute atomic E-state index is 0. The molecule has 0 amide bonds. The molecule has 0 saturated carbocycles. The van der Waals surface area contributed by atoms with Crippen LogP contribution in [0.3, 0.4) is 0 Å². The van der Waals surface area contributed by atoms with Crippen LogP contribution in [-0.4, -0.2) is 39.3 Å². The van der Waals surface area contributed by atoms with Gasteiger partial charge in [0.15, 0.2) is 6.29 Å². The monoisotopic (exact) mass is 270 g/mol. The van der Waals surface area contributed by atoms with Gasteiger partial charge in [-0.25, -0.2) is 4.79 Å². The molecule has 0 bridgehead atoms. The summed E-state index contributed by atoms with van der Waals surface area (Å²) < 4.78 is 0. The fourth-order valence-electron chi connectivity index (χ4n) is 0.930. The maximum absolute atomic E-state index is 9.12. The van der Waals surface area contributed by atoms with Crippen LogP contribution in [0, 0.1) is 0 Å². The normalized spacial score (nSPS) is 9.06.